The molecule has 1 fully saturated rings. The third-order valence-corrected chi connectivity index (χ3v) is 2.73. The summed E-state index contributed by atoms with van der Waals surface area (Å²) in [6.45, 7) is 2.37. The maximum Gasteiger partial charge on any atom is 0.161 e. The number of rotatable bonds is 3. The van der Waals surface area contributed by atoms with E-state index in [0.29, 0.717) is 6.61 Å². The van der Waals surface area contributed by atoms with Crippen LogP contribution in [0.15, 0.2) is 18.2 Å². The number of benzene rings is 1. The van der Waals surface area contributed by atoms with Crippen LogP contribution in [0.2, 0.25) is 0 Å². The molecule has 0 radical (unpaired) electrons. The van der Waals surface area contributed by atoms with Gasteiger partial charge in [-0.05, 0) is 17.7 Å². The van der Waals surface area contributed by atoms with E-state index in [1.165, 1.54) is 0 Å². The van der Waals surface area contributed by atoms with Crippen molar-refractivity contribution in [1.82, 2.24) is 5.32 Å². The molecule has 0 saturated carbocycles. The molecule has 1 aromatic carbocycles. The Bertz CT molecular complexity index is 348. The number of methoxy groups -OCH3 is 2. The van der Waals surface area contributed by atoms with Crippen LogP contribution in [0.5, 0.6) is 11.5 Å². The van der Waals surface area contributed by atoms with Gasteiger partial charge in [0.25, 0.3) is 0 Å². The van der Waals surface area contributed by atoms with Crippen LogP contribution in [0, 0.1) is 0 Å². The average Bonchev–Trinajstić information content (AvgIpc) is 2.39. The van der Waals surface area contributed by atoms with Crippen molar-refractivity contribution in [3.05, 3.63) is 23.8 Å². The maximum absolute atomic E-state index is 5.43. The van der Waals surface area contributed by atoms with Crippen molar-refractivity contribution in [2.45, 2.75) is 6.04 Å². The van der Waals surface area contributed by atoms with Gasteiger partial charge in [-0.25, -0.2) is 0 Å². The molecule has 1 heterocycles. The van der Waals surface area contributed by atoms with E-state index in [4.69, 9.17) is 14.2 Å². The number of morpholine rings is 1. The molecule has 16 heavy (non-hydrogen) atoms. The topological polar surface area (TPSA) is 39.7 Å². The highest BCUT2D eigenvalue weighted by atomic mass is 16.5. The van der Waals surface area contributed by atoms with Gasteiger partial charge in [-0.1, -0.05) is 6.07 Å². The quantitative estimate of drug-likeness (QED) is 0.840. The molecule has 1 saturated heterocycles. The molecular weight excluding hydrogens is 206 g/mol. The SMILES string of the molecule is COc1ccc([C@@H]2COCCN2)cc1OC. The van der Waals surface area contributed by atoms with E-state index in [2.05, 4.69) is 5.32 Å². The fourth-order valence-corrected chi connectivity index (χ4v) is 1.85. The zero-order valence-corrected chi connectivity index (χ0v) is 9.66. The lowest BCUT2D eigenvalue weighted by atomic mass is 10.1. The van der Waals surface area contributed by atoms with Crippen LogP contribution < -0.4 is 14.8 Å². The highest BCUT2D eigenvalue weighted by Gasteiger charge is 2.16. The fraction of sp³-hybridized carbons (Fsp3) is 0.500. The summed E-state index contributed by atoms with van der Waals surface area (Å²) in [6.07, 6.45) is 0. The molecule has 1 aromatic rings. The number of hydrogen-bond donors (Lipinski definition) is 1. The van der Waals surface area contributed by atoms with Crippen molar-refractivity contribution in [3.63, 3.8) is 0 Å². The molecular formula is C12H17NO3. The Labute approximate surface area is 95.5 Å². The van der Waals surface area contributed by atoms with E-state index in [0.717, 1.165) is 30.2 Å². The predicted octanol–water partition coefficient (Wildman–Crippen LogP) is 1.36. The molecule has 4 heteroatoms. The van der Waals surface area contributed by atoms with E-state index >= 15 is 0 Å². The Balaban J connectivity index is 2.20. The molecule has 1 aliphatic rings. The normalized spacial score (nSPS) is 20.5. The molecule has 4 nitrogen and oxygen atoms in total. The van der Waals surface area contributed by atoms with Gasteiger partial charge in [-0.2, -0.15) is 0 Å². The van der Waals surface area contributed by atoms with Crippen molar-refractivity contribution >= 4 is 0 Å². The molecule has 0 amide bonds. The summed E-state index contributed by atoms with van der Waals surface area (Å²) in [7, 11) is 3.28. The second-order valence-corrected chi connectivity index (χ2v) is 3.70. The van der Waals surface area contributed by atoms with Crippen molar-refractivity contribution in [1.29, 1.82) is 0 Å². The van der Waals surface area contributed by atoms with Gasteiger partial charge < -0.3 is 19.5 Å². The molecule has 2 rings (SSSR count). The number of nitrogens with one attached hydrogen (secondary N) is 1. The molecule has 1 N–H and O–H groups in total. The summed E-state index contributed by atoms with van der Waals surface area (Å²) >= 11 is 0. The van der Waals surface area contributed by atoms with Crippen LogP contribution in [-0.4, -0.2) is 34.0 Å². The maximum atomic E-state index is 5.43. The lowest BCUT2D eigenvalue weighted by Crippen LogP contribution is -2.34. The predicted molar refractivity (Wildman–Crippen MR) is 61.1 cm³/mol. The third kappa shape index (κ3) is 2.28. The van der Waals surface area contributed by atoms with Gasteiger partial charge in [0.2, 0.25) is 0 Å². The Hall–Kier alpha value is -1.26. The van der Waals surface area contributed by atoms with Gasteiger partial charge in [0.05, 0.1) is 33.5 Å². The van der Waals surface area contributed by atoms with Crippen LogP contribution >= 0.6 is 0 Å². The van der Waals surface area contributed by atoms with Gasteiger partial charge in [-0.3, -0.25) is 0 Å². The first kappa shape index (κ1) is 11.2. The van der Waals surface area contributed by atoms with E-state index in [-0.39, 0.29) is 6.04 Å². The molecule has 0 bridgehead atoms. The zero-order chi connectivity index (χ0) is 11.4. The monoisotopic (exact) mass is 223 g/mol. The van der Waals surface area contributed by atoms with Gasteiger partial charge in [0.1, 0.15) is 0 Å². The third-order valence-electron chi connectivity index (χ3n) is 2.73. The summed E-state index contributed by atoms with van der Waals surface area (Å²) in [6, 6.07) is 6.19. The van der Waals surface area contributed by atoms with E-state index in [1.807, 2.05) is 18.2 Å². The minimum Gasteiger partial charge on any atom is -0.493 e. The van der Waals surface area contributed by atoms with Crippen LogP contribution in [-0.2, 0) is 4.74 Å². The second-order valence-electron chi connectivity index (χ2n) is 3.70. The summed E-state index contributed by atoms with van der Waals surface area (Å²) in [5.41, 5.74) is 1.16. The molecule has 1 aliphatic heterocycles. The molecule has 88 valence electrons. The largest absolute Gasteiger partial charge is 0.493 e. The van der Waals surface area contributed by atoms with Crippen molar-refractivity contribution in [3.8, 4) is 11.5 Å². The summed E-state index contributed by atoms with van der Waals surface area (Å²) in [5, 5.41) is 3.40. The average molecular weight is 223 g/mol. The van der Waals surface area contributed by atoms with Crippen LogP contribution in [0.25, 0.3) is 0 Å². The van der Waals surface area contributed by atoms with Crippen LogP contribution in [0.1, 0.15) is 11.6 Å². The van der Waals surface area contributed by atoms with Crippen molar-refractivity contribution in [2.24, 2.45) is 0 Å². The summed E-state index contributed by atoms with van der Waals surface area (Å²) < 4.78 is 15.9. The Morgan fingerprint density at radius 1 is 1.25 bits per heavy atom. The van der Waals surface area contributed by atoms with Crippen LogP contribution in [0.4, 0.5) is 0 Å². The smallest absolute Gasteiger partial charge is 0.161 e. The standard InChI is InChI=1S/C12H17NO3/c1-14-11-4-3-9(7-12(11)15-2)10-8-16-6-5-13-10/h3-4,7,10,13H,5-6,8H2,1-2H3/t10-/m0/s1. The number of ether oxygens (including phenoxy) is 3. The first-order chi connectivity index (χ1) is 7.85. The van der Waals surface area contributed by atoms with Gasteiger partial charge in [0, 0.05) is 6.54 Å². The van der Waals surface area contributed by atoms with E-state index < -0.39 is 0 Å². The van der Waals surface area contributed by atoms with E-state index in [9.17, 15) is 0 Å². The molecule has 0 unspecified atom stereocenters. The van der Waals surface area contributed by atoms with Gasteiger partial charge in [-0.15, -0.1) is 0 Å². The molecule has 0 aromatic heterocycles. The minimum absolute atomic E-state index is 0.244. The van der Waals surface area contributed by atoms with Crippen LogP contribution in [0.3, 0.4) is 0 Å². The first-order valence-corrected chi connectivity index (χ1v) is 5.38. The second kappa shape index (κ2) is 5.18. The Morgan fingerprint density at radius 3 is 2.69 bits per heavy atom. The lowest BCUT2D eigenvalue weighted by Gasteiger charge is -2.24. The Morgan fingerprint density at radius 2 is 2.06 bits per heavy atom. The minimum atomic E-state index is 0.244. The van der Waals surface area contributed by atoms with Crippen molar-refractivity contribution in [2.75, 3.05) is 34.0 Å². The zero-order valence-electron chi connectivity index (χ0n) is 9.66. The van der Waals surface area contributed by atoms with E-state index in [1.54, 1.807) is 14.2 Å². The number of hydrogen-bond acceptors (Lipinski definition) is 4. The summed E-state index contributed by atoms with van der Waals surface area (Å²) in [4.78, 5) is 0. The first-order valence-electron chi connectivity index (χ1n) is 5.38. The Kier molecular flexibility index (Phi) is 3.64. The highest BCUT2D eigenvalue weighted by molar-refractivity contribution is 5.43. The fourth-order valence-electron chi connectivity index (χ4n) is 1.85. The summed E-state index contributed by atoms with van der Waals surface area (Å²) in [5.74, 6) is 1.51. The highest BCUT2D eigenvalue weighted by Crippen LogP contribution is 2.30. The lowest BCUT2D eigenvalue weighted by molar-refractivity contribution is 0.0768. The van der Waals surface area contributed by atoms with Gasteiger partial charge in [0.15, 0.2) is 11.5 Å². The molecule has 1 atom stereocenters. The van der Waals surface area contributed by atoms with Gasteiger partial charge >= 0.3 is 0 Å². The molecule has 0 spiro atoms. The molecule has 0 aliphatic carbocycles. The van der Waals surface area contributed by atoms with Crippen molar-refractivity contribution < 1.29 is 14.2 Å².